The van der Waals surface area contributed by atoms with Crippen LogP contribution in [-0.2, 0) is 21.9 Å². The highest BCUT2D eigenvalue weighted by molar-refractivity contribution is 5.77. The van der Waals surface area contributed by atoms with Crippen molar-refractivity contribution in [1.29, 1.82) is 0 Å². The highest BCUT2D eigenvalue weighted by Gasteiger charge is 2.34. The van der Waals surface area contributed by atoms with Crippen LogP contribution in [0.3, 0.4) is 0 Å². The van der Waals surface area contributed by atoms with E-state index in [1.54, 1.807) is 4.90 Å². The average molecular weight is 545 g/mol. The number of nitrogens with one attached hydrogen (secondary N) is 1. The number of amides is 1. The van der Waals surface area contributed by atoms with Crippen LogP contribution in [0, 0.1) is 0 Å². The van der Waals surface area contributed by atoms with Crippen molar-refractivity contribution in [3.63, 3.8) is 0 Å². The maximum absolute atomic E-state index is 13.1. The number of carbonyl (C=O) groups is 1. The summed E-state index contributed by atoms with van der Waals surface area (Å²) < 4.78 is 83.4. The van der Waals surface area contributed by atoms with Crippen molar-refractivity contribution in [3.05, 3.63) is 53.6 Å². The van der Waals surface area contributed by atoms with Crippen molar-refractivity contribution in [2.45, 2.75) is 50.2 Å². The second-order valence-electron chi connectivity index (χ2n) is 9.64. The van der Waals surface area contributed by atoms with Gasteiger partial charge in [-0.1, -0.05) is 0 Å². The molecular formula is C26H30F6N4O2. The Bertz CT molecular complexity index is 1090. The lowest BCUT2D eigenvalue weighted by atomic mass is 10.0. The molecule has 2 aromatic rings. The number of piperidine rings is 2. The van der Waals surface area contributed by atoms with E-state index in [2.05, 4.69) is 5.32 Å². The molecule has 2 saturated heterocycles. The van der Waals surface area contributed by atoms with Crippen molar-refractivity contribution in [1.82, 2.24) is 4.90 Å². The number of nitrogens with zero attached hydrogens (tertiary/aromatic N) is 2. The number of nitrogens with two attached hydrogens (primary N) is 1. The summed E-state index contributed by atoms with van der Waals surface area (Å²) in [7, 11) is 0. The summed E-state index contributed by atoms with van der Waals surface area (Å²) >= 11 is 0. The van der Waals surface area contributed by atoms with Crippen LogP contribution in [0.2, 0.25) is 0 Å². The Balaban J connectivity index is 1.17. The van der Waals surface area contributed by atoms with Crippen LogP contribution in [0.5, 0.6) is 0 Å². The first-order valence-electron chi connectivity index (χ1n) is 12.4. The van der Waals surface area contributed by atoms with E-state index in [9.17, 15) is 31.1 Å². The molecular weight excluding hydrogens is 514 g/mol. The van der Waals surface area contributed by atoms with Gasteiger partial charge in [-0.15, -0.1) is 0 Å². The minimum absolute atomic E-state index is 0.0596. The van der Waals surface area contributed by atoms with E-state index in [1.807, 2.05) is 4.90 Å². The second-order valence-corrected chi connectivity index (χ2v) is 9.64. The van der Waals surface area contributed by atoms with Gasteiger partial charge in [-0.25, -0.2) is 0 Å². The largest absolute Gasteiger partial charge is 0.418 e. The van der Waals surface area contributed by atoms with Gasteiger partial charge in [0.15, 0.2) is 0 Å². The first-order valence-corrected chi connectivity index (χ1v) is 12.4. The zero-order chi connectivity index (χ0) is 27.5. The summed E-state index contributed by atoms with van der Waals surface area (Å²) in [5.41, 5.74) is 4.62. The maximum atomic E-state index is 13.1. The van der Waals surface area contributed by atoms with Gasteiger partial charge in [0.2, 0.25) is 5.91 Å². The van der Waals surface area contributed by atoms with Gasteiger partial charge in [0.1, 0.15) is 6.61 Å². The third kappa shape index (κ3) is 7.03. The van der Waals surface area contributed by atoms with Crippen LogP contribution in [0.15, 0.2) is 42.5 Å². The van der Waals surface area contributed by atoms with E-state index < -0.39 is 23.5 Å². The number of rotatable bonds is 6. The normalized spacial score (nSPS) is 18.1. The molecule has 3 N–H and O–H groups in total. The highest BCUT2D eigenvalue weighted by atomic mass is 19.4. The van der Waals surface area contributed by atoms with E-state index in [0.29, 0.717) is 57.5 Å². The number of nitrogen functional groups attached to an aromatic ring is 1. The van der Waals surface area contributed by atoms with Gasteiger partial charge in [-0.3, -0.25) is 4.79 Å². The Morgan fingerprint density at radius 3 is 2.11 bits per heavy atom. The van der Waals surface area contributed by atoms with Crippen LogP contribution in [0.4, 0.5) is 43.4 Å². The molecule has 38 heavy (non-hydrogen) atoms. The highest BCUT2D eigenvalue weighted by Crippen LogP contribution is 2.35. The molecule has 0 bridgehead atoms. The Kier molecular flexibility index (Phi) is 8.29. The molecule has 12 heteroatoms. The number of alkyl halides is 6. The average Bonchev–Trinajstić information content (AvgIpc) is 2.88. The summed E-state index contributed by atoms with van der Waals surface area (Å²) in [5.74, 6) is -0.138. The molecule has 2 aliphatic rings. The molecule has 0 saturated carbocycles. The monoisotopic (exact) mass is 544 g/mol. The minimum Gasteiger partial charge on any atom is -0.398 e. The van der Waals surface area contributed by atoms with Crippen molar-refractivity contribution in [3.8, 4) is 0 Å². The van der Waals surface area contributed by atoms with Gasteiger partial charge in [0, 0.05) is 49.3 Å². The maximum Gasteiger partial charge on any atom is 0.418 e. The fraction of sp³-hybridized carbons (Fsp3) is 0.500. The lowest BCUT2D eigenvalue weighted by molar-refractivity contribution is -0.139. The second kappa shape index (κ2) is 11.3. The van der Waals surface area contributed by atoms with Crippen molar-refractivity contribution in [2.24, 2.45) is 0 Å². The summed E-state index contributed by atoms with van der Waals surface area (Å²) in [6.45, 7) is 2.10. The molecule has 2 heterocycles. The summed E-state index contributed by atoms with van der Waals surface area (Å²) in [6.07, 6.45) is -6.53. The summed E-state index contributed by atoms with van der Waals surface area (Å²) in [5, 5.41) is 3.11. The number of carbonyl (C=O) groups excluding carboxylic acids is 1. The molecule has 0 atom stereocenters. The Labute approximate surface area is 216 Å². The quantitative estimate of drug-likeness (QED) is 0.377. The number of hydrogen-bond acceptors (Lipinski definition) is 5. The fourth-order valence-corrected chi connectivity index (χ4v) is 4.82. The van der Waals surface area contributed by atoms with E-state index in [4.69, 9.17) is 10.5 Å². The van der Waals surface area contributed by atoms with Crippen molar-refractivity contribution < 1.29 is 35.9 Å². The summed E-state index contributed by atoms with van der Waals surface area (Å²) in [4.78, 5) is 16.3. The van der Waals surface area contributed by atoms with Gasteiger partial charge in [-0.2, -0.15) is 26.3 Å². The van der Waals surface area contributed by atoms with Crippen LogP contribution in [0.25, 0.3) is 0 Å². The Hall–Kier alpha value is -3.15. The van der Waals surface area contributed by atoms with Gasteiger partial charge in [0.25, 0.3) is 0 Å². The van der Waals surface area contributed by atoms with Gasteiger partial charge in [-0.05, 0) is 68.1 Å². The molecule has 6 nitrogen and oxygen atoms in total. The molecule has 0 radical (unpaired) electrons. The number of likely N-dealkylation sites (tertiary alicyclic amines) is 1. The summed E-state index contributed by atoms with van der Waals surface area (Å²) in [6, 6.07) is 8.76. The van der Waals surface area contributed by atoms with Gasteiger partial charge >= 0.3 is 12.4 Å². The molecule has 0 aliphatic carbocycles. The molecule has 2 aromatic carbocycles. The molecule has 2 fully saturated rings. The third-order valence-electron chi connectivity index (χ3n) is 7.02. The number of ether oxygens (including phenoxy) is 1. The number of benzene rings is 2. The lowest BCUT2D eigenvalue weighted by Crippen LogP contribution is -2.45. The van der Waals surface area contributed by atoms with Crippen LogP contribution >= 0.6 is 0 Å². The smallest absolute Gasteiger partial charge is 0.398 e. The number of hydrogen-bond donors (Lipinski definition) is 2. The number of halogens is 6. The SMILES string of the molecule is Nc1ccc(NC2CCN(C(=O)COC3CCN(c4ccc(C(F)(F)F)cc4)CC3)CC2)cc1C(F)(F)F. The van der Waals surface area contributed by atoms with Crippen LogP contribution in [0.1, 0.15) is 36.8 Å². The number of anilines is 3. The Morgan fingerprint density at radius 1 is 0.895 bits per heavy atom. The van der Waals surface area contributed by atoms with Crippen LogP contribution in [-0.4, -0.2) is 55.7 Å². The molecule has 2 aliphatic heterocycles. The third-order valence-corrected chi connectivity index (χ3v) is 7.02. The molecule has 1 amide bonds. The first-order chi connectivity index (χ1) is 17.9. The predicted molar refractivity (Wildman–Crippen MR) is 132 cm³/mol. The van der Waals surface area contributed by atoms with Crippen molar-refractivity contribution >= 4 is 23.0 Å². The topological polar surface area (TPSA) is 70.8 Å². The van der Waals surface area contributed by atoms with Gasteiger partial charge < -0.3 is 25.6 Å². The van der Waals surface area contributed by atoms with E-state index in [-0.39, 0.29) is 30.3 Å². The molecule has 0 unspecified atom stereocenters. The molecule has 4 rings (SSSR count). The molecule has 0 aromatic heterocycles. The fourth-order valence-electron chi connectivity index (χ4n) is 4.82. The zero-order valence-electron chi connectivity index (χ0n) is 20.6. The van der Waals surface area contributed by atoms with E-state index in [1.165, 1.54) is 24.3 Å². The molecule has 208 valence electrons. The lowest BCUT2D eigenvalue weighted by Gasteiger charge is -2.35. The van der Waals surface area contributed by atoms with Crippen LogP contribution < -0.4 is 16.0 Å². The molecule has 0 spiro atoms. The van der Waals surface area contributed by atoms with Gasteiger partial charge in [0.05, 0.1) is 17.2 Å². The standard InChI is InChI=1S/C26H30F6N4O2/c27-25(28,29)17-1-4-20(5-2-17)35-13-9-21(10-14-35)38-16-24(37)36-11-7-18(8-12-36)34-19-3-6-23(33)22(15-19)26(30,31)32/h1-6,15,18,21,34H,7-14,16,33H2. The Morgan fingerprint density at radius 2 is 1.53 bits per heavy atom. The van der Waals surface area contributed by atoms with E-state index >= 15 is 0 Å². The van der Waals surface area contributed by atoms with E-state index in [0.717, 1.165) is 23.9 Å². The minimum atomic E-state index is -4.53. The zero-order valence-corrected chi connectivity index (χ0v) is 20.6. The first kappa shape index (κ1) is 27.9. The predicted octanol–water partition coefficient (Wildman–Crippen LogP) is 5.39. The van der Waals surface area contributed by atoms with Crippen molar-refractivity contribution in [2.75, 3.05) is 48.7 Å².